The van der Waals surface area contributed by atoms with Gasteiger partial charge in [0.15, 0.2) is 0 Å². The van der Waals surface area contributed by atoms with Gasteiger partial charge in [0.2, 0.25) is 0 Å². The van der Waals surface area contributed by atoms with Crippen molar-refractivity contribution < 1.29 is 13.2 Å². The standard InChI is InChI=1S/C13H15F3N2/c14-13(15,16)10-3-4-11(17-7-10)12-9-2-1-8(5-9)6-18-12/h3-4,7-9,12,18H,1-2,5-6H2. The Balaban J connectivity index is 1.80. The lowest BCUT2D eigenvalue weighted by atomic mass is 9.90. The fourth-order valence-corrected chi connectivity index (χ4v) is 3.17. The van der Waals surface area contributed by atoms with Gasteiger partial charge in [0, 0.05) is 6.20 Å². The Morgan fingerprint density at radius 2 is 2.06 bits per heavy atom. The fraction of sp³-hybridized carbons (Fsp3) is 0.615. The van der Waals surface area contributed by atoms with Gasteiger partial charge >= 0.3 is 6.18 Å². The maximum atomic E-state index is 12.5. The molecular formula is C13H15F3N2. The molecule has 2 nitrogen and oxygen atoms in total. The predicted molar refractivity (Wildman–Crippen MR) is 60.8 cm³/mol. The zero-order valence-corrected chi connectivity index (χ0v) is 9.87. The van der Waals surface area contributed by atoms with Gasteiger partial charge in [0.05, 0.1) is 17.3 Å². The normalized spacial score (nSPS) is 31.6. The van der Waals surface area contributed by atoms with E-state index < -0.39 is 11.7 Å². The van der Waals surface area contributed by atoms with E-state index in [9.17, 15) is 13.2 Å². The van der Waals surface area contributed by atoms with Crippen LogP contribution < -0.4 is 5.32 Å². The number of hydrogen-bond donors (Lipinski definition) is 1. The lowest BCUT2D eigenvalue weighted by Gasteiger charge is -2.29. The summed E-state index contributed by atoms with van der Waals surface area (Å²) in [5.74, 6) is 1.29. The second-order valence-corrected chi connectivity index (χ2v) is 5.29. The first kappa shape index (κ1) is 12.0. The van der Waals surface area contributed by atoms with Gasteiger partial charge in [0.1, 0.15) is 0 Å². The third-order valence-corrected chi connectivity index (χ3v) is 4.11. The summed E-state index contributed by atoms with van der Waals surface area (Å²) in [5.41, 5.74) is 0.0692. The Morgan fingerprint density at radius 1 is 1.22 bits per heavy atom. The number of pyridine rings is 1. The van der Waals surface area contributed by atoms with Crippen LogP contribution in [0.4, 0.5) is 13.2 Å². The minimum atomic E-state index is -4.30. The van der Waals surface area contributed by atoms with E-state index in [-0.39, 0.29) is 6.04 Å². The molecule has 1 aliphatic heterocycles. The molecule has 0 aromatic carbocycles. The topological polar surface area (TPSA) is 24.9 Å². The minimum absolute atomic E-state index is 0.131. The Bertz CT molecular complexity index is 427. The number of alkyl halides is 3. The number of nitrogens with one attached hydrogen (secondary N) is 1. The van der Waals surface area contributed by atoms with Crippen molar-refractivity contribution in [3.63, 3.8) is 0 Å². The molecule has 3 unspecified atom stereocenters. The average molecular weight is 256 g/mol. The van der Waals surface area contributed by atoms with Gasteiger partial charge in [-0.25, -0.2) is 0 Å². The van der Waals surface area contributed by atoms with E-state index in [2.05, 4.69) is 10.3 Å². The fourth-order valence-electron chi connectivity index (χ4n) is 3.17. The van der Waals surface area contributed by atoms with E-state index >= 15 is 0 Å². The van der Waals surface area contributed by atoms with Crippen molar-refractivity contribution in [3.05, 3.63) is 29.6 Å². The van der Waals surface area contributed by atoms with E-state index in [1.807, 2.05) is 0 Å². The summed E-state index contributed by atoms with van der Waals surface area (Å²) in [7, 11) is 0. The van der Waals surface area contributed by atoms with E-state index in [4.69, 9.17) is 0 Å². The summed E-state index contributed by atoms with van der Waals surface area (Å²) in [4.78, 5) is 4.00. The van der Waals surface area contributed by atoms with Crippen LogP contribution in [-0.4, -0.2) is 11.5 Å². The van der Waals surface area contributed by atoms with Crippen LogP contribution in [0, 0.1) is 11.8 Å². The van der Waals surface area contributed by atoms with Gasteiger partial charge in [-0.15, -0.1) is 0 Å². The summed E-state index contributed by atoms with van der Waals surface area (Å²) < 4.78 is 37.4. The maximum absolute atomic E-state index is 12.5. The van der Waals surface area contributed by atoms with E-state index in [1.54, 1.807) is 0 Å². The van der Waals surface area contributed by atoms with E-state index in [0.29, 0.717) is 5.92 Å². The first-order valence-electron chi connectivity index (χ1n) is 6.30. The van der Waals surface area contributed by atoms with Crippen molar-refractivity contribution in [1.29, 1.82) is 0 Å². The van der Waals surface area contributed by atoms with E-state index in [1.165, 1.54) is 18.9 Å². The highest BCUT2D eigenvalue weighted by Crippen LogP contribution is 2.42. The van der Waals surface area contributed by atoms with Crippen LogP contribution in [0.25, 0.3) is 0 Å². The molecular weight excluding hydrogens is 241 g/mol. The molecule has 1 saturated carbocycles. The summed E-state index contributed by atoms with van der Waals surface area (Å²) >= 11 is 0. The smallest absolute Gasteiger partial charge is 0.308 e. The van der Waals surface area contributed by atoms with Crippen molar-refractivity contribution in [2.24, 2.45) is 11.8 Å². The molecule has 1 N–H and O–H groups in total. The Labute approximate surface area is 104 Å². The minimum Gasteiger partial charge on any atom is -0.308 e. The highest BCUT2D eigenvalue weighted by atomic mass is 19.4. The SMILES string of the molecule is FC(F)(F)c1ccc(C2NCC3CCC2C3)nc1. The van der Waals surface area contributed by atoms with Crippen molar-refractivity contribution in [1.82, 2.24) is 10.3 Å². The molecule has 98 valence electrons. The summed E-state index contributed by atoms with van der Waals surface area (Å²) in [6.07, 6.45) is 0.211. The highest BCUT2D eigenvalue weighted by Gasteiger charge is 2.37. The number of nitrogens with zero attached hydrogens (tertiary/aromatic N) is 1. The quantitative estimate of drug-likeness (QED) is 0.834. The molecule has 2 heterocycles. The van der Waals surface area contributed by atoms with Crippen molar-refractivity contribution >= 4 is 0 Å². The second-order valence-electron chi connectivity index (χ2n) is 5.29. The van der Waals surface area contributed by atoms with Crippen LogP contribution in [-0.2, 0) is 6.18 Å². The molecule has 0 radical (unpaired) electrons. The molecule has 1 aliphatic carbocycles. The third-order valence-electron chi connectivity index (χ3n) is 4.11. The predicted octanol–water partition coefficient (Wildman–Crippen LogP) is 3.16. The van der Waals surface area contributed by atoms with Crippen LogP contribution >= 0.6 is 0 Å². The van der Waals surface area contributed by atoms with Gasteiger partial charge in [0.25, 0.3) is 0 Å². The molecule has 3 atom stereocenters. The third kappa shape index (κ3) is 2.11. The first-order chi connectivity index (χ1) is 8.54. The number of hydrogen-bond acceptors (Lipinski definition) is 2. The molecule has 0 amide bonds. The lowest BCUT2D eigenvalue weighted by Crippen LogP contribution is -2.35. The zero-order valence-electron chi connectivity index (χ0n) is 9.87. The zero-order chi connectivity index (χ0) is 12.8. The van der Waals surface area contributed by atoms with Crippen LogP contribution in [0.3, 0.4) is 0 Å². The van der Waals surface area contributed by atoms with Crippen molar-refractivity contribution in [2.75, 3.05) is 6.54 Å². The monoisotopic (exact) mass is 256 g/mol. The first-order valence-corrected chi connectivity index (χ1v) is 6.30. The van der Waals surface area contributed by atoms with Gasteiger partial charge in [-0.3, -0.25) is 4.98 Å². The number of halogens is 3. The van der Waals surface area contributed by atoms with Crippen LogP contribution in [0.15, 0.2) is 18.3 Å². The number of aromatic nitrogens is 1. The van der Waals surface area contributed by atoms with Crippen molar-refractivity contribution in [3.8, 4) is 0 Å². The number of rotatable bonds is 1. The molecule has 1 saturated heterocycles. The maximum Gasteiger partial charge on any atom is 0.417 e. The van der Waals surface area contributed by atoms with Gasteiger partial charge in [-0.1, -0.05) is 0 Å². The molecule has 0 spiro atoms. The molecule has 2 fully saturated rings. The van der Waals surface area contributed by atoms with Crippen LogP contribution in [0.2, 0.25) is 0 Å². The summed E-state index contributed by atoms with van der Waals surface area (Å²) in [6, 6.07) is 2.77. The molecule has 5 heteroatoms. The molecule has 1 aromatic rings. The summed E-state index contributed by atoms with van der Waals surface area (Å²) in [5, 5.41) is 3.41. The molecule has 2 bridgehead atoms. The highest BCUT2D eigenvalue weighted by molar-refractivity contribution is 5.20. The molecule has 18 heavy (non-hydrogen) atoms. The number of fused-ring (bicyclic) bond motifs is 2. The molecule has 3 rings (SSSR count). The lowest BCUT2D eigenvalue weighted by molar-refractivity contribution is -0.137. The second kappa shape index (κ2) is 4.23. The van der Waals surface area contributed by atoms with Crippen molar-refractivity contribution in [2.45, 2.75) is 31.5 Å². The molecule has 2 aliphatic rings. The Hall–Kier alpha value is -1.10. The van der Waals surface area contributed by atoms with Crippen LogP contribution in [0.5, 0.6) is 0 Å². The average Bonchev–Trinajstić information content (AvgIpc) is 2.71. The Morgan fingerprint density at radius 3 is 2.72 bits per heavy atom. The van der Waals surface area contributed by atoms with Crippen LogP contribution in [0.1, 0.15) is 36.6 Å². The van der Waals surface area contributed by atoms with Gasteiger partial charge < -0.3 is 5.32 Å². The largest absolute Gasteiger partial charge is 0.417 e. The Kier molecular flexibility index (Phi) is 2.81. The van der Waals surface area contributed by atoms with E-state index in [0.717, 1.165) is 36.8 Å². The van der Waals surface area contributed by atoms with Gasteiger partial charge in [-0.2, -0.15) is 13.2 Å². The number of piperidine rings is 1. The molecule has 1 aromatic heterocycles. The van der Waals surface area contributed by atoms with Gasteiger partial charge in [-0.05, 0) is 49.8 Å². The summed E-state index contributed by atoms with van der Waals surface area (Å²) in [6.45, 7) is 0.962.